The lowest BCUT2D eigenvalue weighted by Crippen LogP contribution is -2.33. The number of alkyl halides is 6. The summed E-state index contributed by atoms with van der Waals surface area (Å²) < 4.78 is 18.5. The predicted octanol–water partition coefficient (Wildman–Crippen LogP) is 3.23. The summed E-state index contributed by atoms with van der Waals surface area (Å²) in [6.07, 6.45) is 0. The Balaban J connectivity index is 4.14. The van der Waals surface area contributed by atoms with E-state index in [1.54, 1.807) is 0 Å². The van der Waals surface area contributed by atoms with Crippen LogP contribution in [0, 0.1) is 0 Å². The molecule has 0 aliphatic rings. The average molecular weight is 218 g/mol. The minimum Gasteiger partial charge on any atom is -0.248 e. The van der Waals surface area contributed by atoms with Crippen LogP contribution in [-0.2, 0) is 0 Å². The second kappa shape index (κ2) is 2.95. The van der Waals surface area contributed by atoms with Crippen LogP contribution in [0.15, 0.2) is 0 Å². The van der Waals surface area contributed by atoms with Gasteiger partial charge >= 0.3 is 0 Å². The molecule has 0 rings (SSSR count). The summed E-state index contributed by atoms with van der Waals surface area (Å²) in [6, 6.07) is 0. The molecule has 6 heteroatoms. The first kappa shape index (κ1) is 10.0. The quantitative estimate of drug-likeness (QED) is 0.624. The van der Waals surface area contributed by atoms with Gasteiger partial charge in [-0.25, -0.2) is 8.78 Å². The fourth-order valence-electron chi connectivity index (χ4n) is 0.0758. The van der Waals surface area contributed by atoms with Crippen molar-refractivity contribution in [1.82, 2.24) is 0 Å². The van der Waals surface area contributed by atoms with Crippen molar-refractivity contribution in [3.8, 4) is 0 Å². The molecule has 0 heterocycles. The van der Waals surface area contributed by atoms with Crippen molar-refractivity contribution < 1.29 is 8.78 Å². The number of rotatable bonds is 2. The van der Waals surface area contributed by atoms with Crippen molar-refractivity contribution >= 4 is 46.4 Å². The summed E-state index contributed by atoms with van der Waals surface area (Å²) in [5, 5.41) is 0. The van der Waals surface area contributed by atoms with Crippen molar-refractivity contribution in [2.24, 2.45) is 0 Å². The van der Waals surface area contributed by atoms with E-state index >= 15 is 0 Å². The van der Waals surface area contributed by atoms with E-state index in [1.165, 1.54) is 0 Å². The van der Waals surface area contributed by atoms with Gasteiger partial charge in [0.15, 0.2) is 0 Å². The molecule has 0 bridgehead atoms. The number of hydrogen-bond acceptors (Lipinski definition) is 0. The largest absolute Gasteiger partial charge is 0.292 e. The van der Waals surface area contributed by atoms with E-state index in [9.17, 15) is 8.78 Å². The summed E-state index contributed by atoms with van der Waals surface area (Å²) in [7, 11) is 0. The van der Waals surface area contributed by atoms with Gasteiger partial charge < -0.3 is 0 Å². The second-order valence-corrected chi connectivity index (χ2v) is 4.05. The molecule has 9 heavy (non-hydrogen) atoms. The van der Waals surface area contributed by atoms with Crippen LogP contribution < -0.4 is 0 Å². The van der Waals surface area contributed by atoms with Crippen molar-refractivity contribution in [2.75, 3.05) is 6.67 Å². The highest BCUT2D eigenvalue weighted by atomic mass is 35.5. The van der Waals surface area contributed by atoms with Crippen molar-refractivity contribution in [1.29, 1.82) is 0 Å². The molecule has 0 unspecified atom stereocenters. The van der Waals surface area contributed by atoms with Gasteiger partial charge in [0.1, 0.15) is 6.67 Å². The summed E-state index contributed by atoms with van der Waals surface area (Å²) in [6.45, 7) is -1.35. The Hall–Kier alpha value is 1.02. The molecule has 0 aliphatic carbocycles. The zero-order valence-corrected chi connectivity index (χ0v) is 7.00. The third-order valence-corrected chi connectivity index (χ3v) is 2.34. The molecule has 0 aromatic carbocycles. The highest BCUT2D eigenvalue weighted by Gasteiger charge is 2.48. The predicted molar refractivity (Wildman–Crippen MR) is 36.0 cm³/mol. The minimum atomic E-state index is -2.95. The summed E-state index contributed by atoms with van der Waals surface area (Å²) in [5.74, 6) is 0. The fraction of sp³-hybridized carbons (Fsp3) is 1.00. The highest BCUT2D eigenvalue weighted by molar-refractivity contribution is 6.61. The fourth-order valence-corrected chi connectivity index (χ4v) is 0.177. The highest BCUT2D eigenvalue weighted by Crippen LogP contribution is 2.43. The van der Waals surface area contributed by atoms with Crippen molar-refractivity contribution in [3.63, 3.8) is 0 Å². The molecule has 0 saturated carbocycles. The standard InChI is InChI=1S/C3H2Cl4F2/c4-2(5,1-8)3(6,7)9/h1H2. The van der Waals surface area contributed by atoms with Gasteiger partial charge in [0, 0.05) is 0 Å². The van der Waals surface area contributed by atoms with E-state index in [4.69, 9.17) is 46.4 Å². The van der Waals surface area contributed by atoms with E-state index < -0.39 is 15.6 Å². The van der Waals surface area contributed by atoms with Crippen LogP contribution in [0.1, 0.15) is 0 Å². The van der Waals surface area contributed by atoms with Gasteiger partial charge in [0.2, 0.25) is 4.33 Å². The van der Waals surface area contributed by atoms with Crippen LogP contribution in [0.2, 0.25) is 0 Å². The second-order valence-electron chi connectivity index (χ2n) is 1.34. The molecule has 0 aromatic heterocycles. The average Bonchev–Trinajstić information content (AvgIpc) is 1.64. The molecular weight excluding hydrogens is 216 g/mol. The summed E-state index contributed by atoms with van der Waals surface area (Å²) in [4.78, 5) is 0. The summed E-state index contributed by atoms with van der Waals surface area (Å²) in [5.41, 5.74) is 0. The van der Waals surface area contributed by atoms with Crippen molar-refractivity contribution in [2.45, 2.75) is 8.92 Å². The topological polar surface area (TPSA) is 0 Å². The normalized spacial score (nSPS) is 14.0. The lowest BCUT2D eigenvalue weighted by Gasteiger charge is -2.21. The van der Waals surface area contributed by atoms with Crippen LogP contribution in [0.5, 0.6) is 0 Å². The molecule has 0 atom stereocenters. The van der Waals surface area contributed by atoms with E-state index in [2.05, 4.69) is 0 Å². The molecule has 0 fully saturated rings. The molecule has 0 aromatic rings. The monoisotopic (exact) mass is 216 g/mol. The third-order valence-electron chi connectivity index (χ3n) is 0.583. The Labute approximate surface area is 71.0 Å². The lowest BCUT2D eigenvalue weighted by atomic mass is 10.5. The van der Waals surface area contributed by atoms with Gasteiger partial charge in [-0.3, -0.25) is 0 Å². The first-order valence-electron chi connectivity index (χ1n) is 1.82. The zero-order chi connectivity index (χ0) is 7.71. The maximum atomic E-state index is 12.2. The molecule has 0 aliphatic heterocycles. The van der Waals surface area contributed by atoms with Crippen molar-refractivity contribution in [3.05, 3.63) is 0 Å². The van der Waals surface area contributed by atoms with E-state index in [1.807, 2.05) is 0 Å². The first-order chi connectivity index (χ1) is 3.81. The van der Waals surface area contributed by atoms with Crippen LogP contribution >= 0.6 is 46.4 Å². The van der Waals surface area contributed by atoms with Gasteiger partial charge in [-0.15, -0.1) is 0 Å². The van der Waals surface area contributed by atoms with Gasteiger partial charge in [0.05, 0.1) is 0 Å². The van der Waals surface area contributed by atoms with Crippen LogP contribution in [0.3, 0.4) is 0 Å². The molecule has 0 N–H and O–H groups in total. The molecule has 56 valence electrons. The molecular formula is C3H2Cl4F2. The Kier molecular flexibility index (Phi) is 3.29. The van der Waals surface area contributed by atoms with E-state index in [-0.39, 0.29) is 0 Å². The SMILES string of the molecule is FCC(Cl)(Cl)C(F)(Cl)Cl. The lowest BCUT2D eigenvalue weighted by molar-refractivity contribution is 0.308. The molecule has 0 radical (unpaired) electrons. The molecule has 0 spiro atoms. The van der Waals surface area contributed by atoms with Crippen LogP contribution in [0.4, 0.5) is 8.78 Å². The van der Waals surface area contributed by atoms with Crippen LogP contribution in [-0.4, -0.2) is 15.6 Å². The van der Waals surface area contributed by atoms with Crippen LogP contribution in [0.25, 0.3) is 0 Å². The Morgan fingerprint density at radius 3 is 1.44 bits per heavy atom. The molecule has 0 saturated heterocycles. The molecule has 0 nitrogen and oxygen atoms in total. The Morgan fingerprint density at radius 2 is 1.44 bits per heavy atom. The summed E-state index contributed by atoms with van der Waals surface area (Å²) >= 11 is 19.3. The van der Waals surface area contributed by atoms with Gasteiger partial charge in [-0.1, -0.05) is 46.4 Å². The van der Waals surface area contributed by atoms with Gasteiger partial charge in [-0.2, -0.15) is 0 Å². The molecule has 0 amide bonds. The minimum absolute atomic E-state index is 1.35. The number of halogens is 6. The Bertz CT molecular complexity index is 96.5. The van der Waals surface area contributed by atoms with E-state index in [0.717, 1.165) is 0 Å². The van der Waals surface area contributed by atoms with Gasteiger partial charge in [-0.05, 0) is 0 Å². The van der Waals surface area contributed by atoms with Gasteiger partial charge in [0.25, 0.3) is 4.59 Å². The maximum Gasteiger partial charge on any atom is 0.292 e. The maximum absolute atomic E-state index is 12.2. The third kappa shape index (κ3) is 2.62. The number of hydrogen-bond donors (Lipinski definition) is 0. The van der Waals surface area contributed by atoms with E-state index in [0.29, 0.717) is 0 Å². The smallest absolute Gasteiger partial charge is 0.248 e. The zero-order valence-electron chi connectivity index (χ0n) is 3.97. The first-order valence-corrected chi connectivity index (χ1v) is 3.33. The Morgan fingerprint density at radius 1 is 1.11 bits per heavy atom.